The normalized spacial score (nSPS) is 10.0. The number of carboxylic acid groups (broad SMARTS) is 1. The maximum absolute atomic E-state index is 11.3. The van der Waals surface area contributed by atoms with E-state index in [0.29, 0.717) is 5.56 Å². The van der Waals surface area contributed by atoms with Crippen molar-refractivity contribution in [3.05, 3.63) is 35.4 Å². The third-order valence-corrected chi connectivity index (χ3v) is 2.73. The molecule has 7 nitrogen and oxygen atoms in total. The van der Waals surface area contributed by atoms with Crippen LogP contribution in [0.4, 0.5) is 0 Å². The molecule has 1 aromatic heterocycles. The lowest BCUT2D eigenvalue weighted by atomic mass is 10.1. The van der Waals surface area contributed by atoms with Gasteiger partial charge in [-0.05, 0) is 18.6 Å². The highest BCUT2D eigenvalue weighted by molar-refractivity contribution is 5.92. The molecule has 1 aromatic carbocycles. The minimum Gasteiger partial charge on any atom is -0.481 e. The quantitative estimate of drug-likeness (QED) is 0.903. The predicted octanol–water partition coefficient (Wildman–Crippen LogP) is 2.29. The molecule has 0 aliphatic heterocycles. The fourth-order valence-electron chi connectivity index (χ4n) is 1.74. The van der Waals surface area contributed by atoms with Crippen LogP contribution in [0.15, 0.2) is 24.3 Å². The smallest absolute Gasteiger partial charge is 0.339 e. The molecule has 0 bridgehead atoms. The molecular formula is C14H14N2O5. The summed E-state index contributed by atoms with van der Waals surface area (Å²) in [6.45, 7) is 1.68. The second-order valence-electron chi connectivity index (χ2n) is 4.09. The molecule has 7 heteroatoms. The summed E-state index contributed by atoms with van der Waals surface area (Å²) in [5.41, 5.74) is 0.637. The van der Waals surface area contributed by atoms with Gasteiger partial charge in [-0.2, -0.15) is 9.97 Å². The van der Waals surface area contributed by atoms with E-state index in [1.54, 1.807) is 19.1 Å². The molecule has 0 saturated heterocycles. The summed E-state index contributed by atoms with van der Waals surface area (Å²) >= 11 is 0. The Morgan fingerprint density at radius 1 is 1.14 bits per heavy atom. The van der Waals surface area contributed by atoms with Gasteiger partial charge in [0, 0.05) is 0 Å². The summed E-state index contributed by atoms with van der Waals surface area (Å²) in [5, 5.41) is 9.26. The van der Waals surface area contributed by atoms with Gasteiger partial charge < -0.3 is 19.3 Å². The molecule has 1 heterocycles. The number of ether oxygens (including phenoxy) is 3. The zero-order valence-electron chi connectivity index (χ0n) is 11.8. The maximum Gasteiger partial charge on any atom is 0.339 e. The largest absolute Gasteiger partial charge is 0.481 e. The van der Waals surface area contributed by atoms with E-state index in [4.69, 9.17) is 14.2 Å². The lowest BCUT2D eigenvalue weighted by Gasteiger charge is -2.10. The molecule has 0 saturated carbocycles. The molecule has 1 N–H and O–H groups in total. The van der Waals surface area contributed by atoms with E-state index >= 15 is 0 Å². The van der Waals surface area contributed by atoms with Crippen LogP contribution in [0.3, 0.4) is 0 Å². The second kappa shape index (κ2) is 6.08. The van der Waals surface area contributed by atoms with E-state index in [9.17, 15) is 9.90 Å². The highest BCUT2D eigenvalue weighted by Crippen LogP contribution is 2.28. The molecule has 0 spiro atoms. The van der Waals surface area contributed by atoms with Crippen LogP contribution in [0.1, 0.15) is 15.9 Å². The second-order valence-corrected chi connectivity index (χ2v) is 4.09. The zero-order valence-corrected chi connectivity index (χ0v) is 11.8. The van der Waals surface area contributed by atoms with Crippen LogP contribution in [0.25, 0.3) is 0 Å². The minimum absolute atomic E-state index is 0.0562. The fourth-order valence-corrected chi connectivity index (χ4v) is 1.74. The molecule has 2 aromatic rings. The van der Waals surface area contributed by atoms with Gasteiger partial charge in [0.05, 0.1) is 20.3 Å². The molecule has 21 heavy (non-hydrogen) atoms. The topological polar surface area (TPSA) is 90.8 Å². The van der Waals surface area contributed by atoms with E-state index < -0.39 is 5.97 Å². The molecule has 0 aliphatic carbocycles. The number of hydrogen-bond donors (Lipinski definition) is 1. The summed E-state index contributed by atoms with van der Waals surface area (Å²) in [7, 11) is 2.89. The summed E-state index contributed by atoms with van der Waals surface area (Å²) in [6.07, 6.45) is 0. The van der Waals surface area contributed by atoms with Gasteiger partial charge in [-0.1, -0.05) is 12.1 Å². The number of carboxylic acids is 1. The van der Waals surface area contributed by atoms with Crippen molar-refractivity contribution in [1.29, 1.82) is 0 Å². The maximum atomic E-state index is 11.3. The van der Waals surface area contributed by atoms with Crippen LogP contribution >= 0.6 is 0 Å². The van der Waals surface area contributed by atoms with Crippen molar-refractivity contribution < 1.29 is 24.1 Å². The Labute approximate surface area is 121 Å². The monoisotopic (exact) mass is 290 g/mol. The number of aryl methyl sites for hydroxylation is 1. The highest BCUT2D eigenvalue weighted by atomic mass is 16.5. The molecule has 2 rings (SSSR count). The third kappa shape index (κ3) is 3.19. The van der Waals surface area contributed by atoms with Crippen molar-refractivity contribution in [3.63, 3.8) is 0 Å². The average Bonchev–Trinajstić information content (AvgIpc) is 2.46. The number of methoxy groups -OCH3 is 2. The van der Waals surface area contributed by atoms with Gasteiger partial charge in [0.1, 0.15) is 11.3 Å². The van der Waals surface area contributed by atoms with E-state index in [1.165, 1.54) is 26.4 Å². The molecule has 0 aliphatic rings. The number of aromatic nitrogens is 2. The number of aromatic carboxylic acids is 1. The summed E-state index contributed by atoms with van der Waals surface area (Å²) in [6, 6.07) is 6.34. The summed E-state index contributed by atoms with van der Waals surface area (Å²) in [4.78, 5) is 19.3. The molecule has 0 atom stereocenters. The Morgan fingerprint density at radius 3 is 2.29 bits per heavy atom. The van der Waals surface area contributed by atoms with Crippen molar-refractivity contribution in [3.8, 4) is 23.5 Å². The van der Waals surface area contributed by atoms with Crippen molar-refractivity contribution in [2.75, 3.05) is 14.2 Å². The molecule has 0 fully saturated rings. The van der Waals surface area contributed by atoms with Crippen molar-refractivity contribution in [2.24, 2.45) is 0 Å². The van der Waals surface area contributed by atoms with Crippen molar-refractivity contribution in [2.45, 2.75) is 6.92 Å². The number of rotatable bonds is 5. The van der Waals surface area contributed by atoms with E-state index in [2.05, 4.69) is 9.97 Å². The zero-order chi connectivity index (χ0) is 15.4. The van der Waals surface area contributed by atoms with E-state index in [1.807, 2.05) is 0 Å². The molecule has 0 amide bonds. The number of benzene rings is 1. The van der Waals surface area contributed by atoms with Gasteiger partial charge in [-0.3, -0.25) is 0 Å². The van der Waals surface area contributed by atoms with Crippen molar-refractivity contribution in [1.82, 2.24) is 9.97 Å². The first kappa shape index (κ1) is 14.6. The van der Waals surface area contributed by atoms with Crippen LogP contribution < -0.4 is 14.2 Å². The Hall–Kier alpha value is -2.83. The van der Waals surface area contributed by atoms with Gasteiger partial charge in [-0.15, -0.1) is 0 Å². The van der Waals surface area contributed by atoms with Crippen LogP contribution in [-0.4, -0.2) is 35.3 Å². The molecule has 110 valence electrons. The van der Waals surface area contributed by atoms with Crippen LogP contribution in [0.5, 0.6) is 23.5 Å². The molecule has 0 unspecified atom stereocenters. The Balaban J connectivity index is 2.43. The molecular weight excluding hydrogens is 276 g/mol. The van der Waals surface area contributed by atoms with Gasteiger partial charge in [-0.25, -0.2) is 4.79 Å². The van der Waals surface area contributed by atoms with Crippen LogP contribution in [0, 0.1) is 6.92 Å². The van der Waals surface area contributed by atoms with E-state index in [0.717, 1.165) is 0 Å². The number of carbonyl (C=O) groups is 1. The van der Waals surface area contributed by atoms with Crippen molar-refractivity contribution >= 4 is 5.97 Å². The standard InChI is InChI=1S/C14H14N2O5/c1-8-5-4-6-9(12(8)13(17)18)21-14-15-10(19-2)7-11(16-14)20-3/h4-7H,1-3H3,(H,17,18). The molecule has 0 radical (unpaired) electrons. The Kier molecular flexibility index (Phi) is 4.22. The number of nitrogens with zero attached hydrogens (tertiary/aromatic N) is 2. The predicted molar refractivity (Wildman–Crippen MR) is 73.3 cm³/mol. The van der Waals surface area contributed by atoms with Crippen LogP contribution in [0.2, 0.25) is 0 Å². The van der Waals surface area contributed by atoms with Gasteiger partial charge >= 0.3 is 12.0 Å². The van der Waals surface area contributed by atoms with Crippen LogP contribution in [-0.2, 0) is 0 Å². The average molecular weight is 290 g/mol. The lowest BCUT2D eigenvalue weighted by molar-refractivity contribution is 0.0693. The lowest BCUT2D eigenvalue weighted by Crippen LogP contribution is -2.04. The first-order chi connectivity index (χ1) is 10.0. The summed E-state index contributed by atoms with van der Waals surface area (Å²) < 4.78 is 15.5. The van der Waals surface area contributed by atoms with Gasteiger partial charge in [0.25, 0.3) is 0 Å². The SMILES string of the molecule is COc1cc(OC)nc(Oc2cccc(C)c2C(=O)O)n1. The van der Waals surface area contributed by atoms with Gasteiger partial charge in [0.2, 0.25) is 11.8 Å². The minimum atomic E-state index is -1.09. The fraction of sp³-hybridized carbons (Fsp3) is 0.214. The first-order valence-electron chi connectivity index (χ1n) is 6.03. The number of hydrogen-bond acceptors (Lipinski definition) is 6. The summed E-state index contributed by atoms with van der Waals surface area (Å²) in [5.74, 6) is -0.432. The highest BCUT2D eigenvalue weighted by Gasteiger charge is 2.16. The van der Waals surface area contributed by atoms with E-state index in [-0.39, 0.29) is 29.1 Å². The Morgan fingerprint density at radius 2 is 1.76 bits per heavy atom. The van der Waals surface area contributed by atoms with Gasteiger partial charge in [0.15, 0.2) is 0 Å². The third-order valence-electron chi connectivity index (χ3n) is 2.73. The first-order valence-corrected chi connectivity index (χ1v) is 6.03. The Bertz CT molecular complexity index is 650.